The second-order valence-corrected chi connectivity index (χ2v) is 8.46. The number of pyridine rings is 1. The number of benzene rings is 3. The van der Waals surface area contributed by atoms with Gasteiger partial charge in [-0.1, -0.05) is 43.3 Å². The second kappa shape index (κ2) is 9.41. The van der Waals surface area contributed by atoms with E-state index in [1.165, 1.54) is 29.8 Å². The van der Waals surface area contributed by atoms with Crippen molar-refractivity contribution in [2.75, 3.05) is 42.9 Å². The summed E-state index contributed by atoms with van der Waals surface area (Å²) >= 11 is 0. The summed E-state index contributed by atoms with van der Waals surface area (Å²) < 4.78 is 0. The first-order valence-electron chi connectivity index (χ1n) is 11.6. The summed E-state index contributed by atoms with van der Waals surface area (Å²) in [5, 5.41) is 4.74. The van der Waals surface area contributed by atoms with Crippen molar-refractivity contribution in [1.29, 1.82) is 0 Å². The van der Waals surface area contributed by atoms with Crippen LogP contribution < -0.4 is 10.2 Å². The van der Waals surface area contributed by atoms with Crippen molar-refractivity contribution in [2.45, 2.75) is 13.3 Å². The molecule has 0 unspecified atom stereocenters. The van der Waals surface area contributed by atoms with Crippen LogP contribution in [0.3, 0.4) is 0 Å². The molecule has 3 aromatic carbocycles. The number of nitrogens with zero attached hydrogens (tertiary/aromatic N) is 3. The number of nitrogens with one attached hydrogen (secondary N) is 1. The van der Waals surface area contributed by atoms with Gasteiger partial charge in [-0.15, -0.1) is 0 Å². The Bertz CT molecular complexity index is 1160. The minimum Gasteiger partial charge on any atom is -0.369 e. The smallest absolute Gasteiger partial charge is 0.0723 e. The zero-order chi connectivity index (χ0) is 21.8. The van der Waals surface area contributed by atoms with Crippen LogP contribution in [0.5, 0.6) is 0 Å². The normalized spacial score (nSPS) is 14.6. The van der Waals surface area contributed by atoms with Gasteiger partial charge in [0.1, 0.15) is 0 Å². The molecule has 4 aromatic rings. The number of anilines is 3. The van der Waals surface area contributed by atoms with Gasteiger partial charge in [0.15, 0.2) is 0 Å². The fourth-order valence-corrected chi connectivity index (χ4v) is 4.52. The number of piperazine rings is 1. The van der Waals surface area contributed by atoms with Crippen LogP contribution in [-0.2, 0) is 0 Å². The molecule has 1 aliphatic rings. The maximum absolute atomic E-state index is 4.56. The van der Waals surface area contributed by atoms with Crippen LogP contribution in [0, 0.1) is 0 Å². The Labute approximate surface area is 190 Å². The molecule has 0 amide bonds. The van der Waals surface area contributed by atoms with Crippen LogP contribution in [0.25, 0.3) is 22.0 Å². The number of fused-ring (bicyclic) bond motifs is 1. The van der Waals surface area contributed by atoms with E-state index in [4.69, 9.17) is 0 Å². The van der Waals surface area contributed by atoms with Gasteiger partial charge >= 0.3 is 0 Å². The van der Waals surface area contributed by atoms with Gasteiger partial charge in [0.05, 0.1) is 5.52 Å². The molecule has 0 aliphatic carbocycles. The highest BCUT2D eigenvalue weighted by Crippen LogP contribution is 2.30. The van der Waals surface area contributed by atoms with E-state index in [0.29, 0.717) is 0 Å². The summed E-state index contributed by atoms with van der Waals surface area (Å²) in [5.41, 5.74) is 6.89. The number of aromatic nitrogens is 1. The first-order chi connectivity index (χ1) is 15.8. The van der Waals surface area contributed by atoms with E-state index in [9.17, 15) is 0 Å². The van der Waals surface area contributed by atoms with Gasteiger partial charge in [-0.2, -0.15) is 0 Å². The van der Waals surface area contributed by atoms with E-state index in [1.54, 1.807) is 0 Å². The summed E-state index contributed by atoms with van der Waals surface area (Å²) in [4.78, 5) is 9.61. The summed E-state index contributed by atoms with van der Waals surface area (Å²) in [5.74, 6) is 0. The summed E-state index contributed by atoms with van der Waals surface area (Å²) in [6, 6.07) is 27.8. The lowest BCUT2D eigenvalue weighted by Crippen LogP contribution is -2.46. The second-order valence-electron chi connectivity index (χ2n) is 8.46. The molecule has 32 heavy (non-hydrogen) atoms. The first kappa shape index (κ1) is 20.5. The molecule has 0 bridgehead atoms. The molecule has 0 atom stereocenters. The molecule has 1 saturated heterocycles. The summed E-state index contributed by atoms with van der Waals surface area (Å²) in [6.45, 7) is 7.98. The summed E-state index contributed by atoms with van der Waals surface area (Å²) in [6.07, 6.45) is 3.11. The molecular weight excluding hydrogens is 392 g/mol. The SMILES string of the molecule is CCCN1CCN(c2ccc(Nc3ccnc4ccc(-c5ccccc5)cc34)cc2)CC1. The minimum absolute atomic E-state index is 0.997. The first-order valence-corrected chi connectivity index (χ1v) is 11.6. The molecule has 1 N–H and O–H groups in total. The fraction of sp³-hybridized carbons (Fsp3) is 0.250. The monoisotopic (exact) mass is 422 g/mol. The molecule has 4 heteroatoms. The molecular formula is C28H30N4. The van der Waals surface area contributed by atoms with Gasteiger partial charge in [0, 0.05) is 54.8 Å². The standard InChI is InChI=1S/C28H30N4/c1-2-16-31-17-19-32(20-18-31)25-11-9-24(10-12-25)30-28-14-15-29-27-13-8-23(21-26(27)28)22-6-4-3-5-7-22/h3-15,21H,2,16-20H2,1H3,(H,29,30). The number of rotatable bonds is 6. The topological polar surface area (TPSA) is 31.4 Å². The van der Waals surface area contributed by atoms with Crippen molar-refractivity contribution in [3.8, 4) is 11.1 Å². The third-order valence-corrected chi connectivity index (χ3v) is 6.27. The molecule has 5 rings (SSSR count). The van der Waals surface area contributed by atoms with E-state index in [0.717, 1.165) is 48.5 Å². The van der Waals surface area contributed by atoms with E-state index >= 15 is 0 Å². The van der Waals surface area contributed by atoms with Gasteiger partial charge in [-0.3, -0.25) is 9.88 Å². The number of hydrogen-bond acceptors (Lipinski definition) is 4. The van der Waals surface area contributed by atoms with Gasteiger partial charge in [-0.25, -0.2) is 0 Å². The maximum atomic E-state index is 4.56. The van der Waals surface area contributed by atoms with Crippen molar-refractivity contribution >= 4 is 28.0 Å². The quantitative estimate of drug-likeness (QED) is 0.402. The van der Waals surface area contributed by atoms with Crippen LogP contribution >= 0.6 is 0 Å². The Morgan fingerprint density at radius 3 is 2.34 bits per heavy atom. The molecule has 2 heterocycles. The largest absolute Gasteiger partial charge is 0.369 e. The van der Waals surface area contributed by atoms with Gasteiger partial charge < -0.3 is 10.2 Å². The maximum Gasteiger partial charge on any atom is 0.0723 e. The molecule has 162 valence electrons. The highest BCUT2D eigenvalue weighted by molar-refractivity contribution is 5.95. The van der Waals surface area contributed by atoms with Gasteiger partial charge in [0.2, 0.25) is 0 Å². The lowest BCUT2D eigenvalue weighted by atomic mass is 10.0. The van der Waals surface area contributed by atoms with E-state index in [2.05, 4.69) is 99.8 Å². The van der Waals surface area contributed by atoms with Gasteiger partial charge in [-0.05, 0) is 66.6 Å². The fourth-order valence-electron chi connectivity index (χ4n) is 4.52. The Kier molecular flexibility index (Phi) is 6.04. The molecule has 0 spiro atoms. The highest BCUT2D eigenvalue weighted by Gasteiger charge is 2.16. The molecule has 4 nitrogen and oxygen atoms in total. The Morgan fingerprint density at radius 1 is 0.812 bits per heavy atom. The third-order valence-electron chi connectivity index (χ3n) is 6.27. The van der Waals surface area contributed by atoms with Crippen molar-refractivity contribution in [1.82, 2.24) is 9.88 Å². The van der Waals surface area contributed by atoms with Crippen molar-refractivity contribution in [2.24, 2.45) is 0 Å². The molecule has 0 saturated carbocycles. The highest BCUT2D eigenvalue weighted by atomic mass is 15.3. The minimum atomic E-state index is 0.997. The molecule has 1 fully saturated rings. The molecule has 1 aromatic heterocycles. The average Bonchev–Trinajstić information content (AvgIpc) is 2.86. The Balaban J connectivity index is 1.34. The predicted molar refractivity (Wildman–Crippen MR) is 136 cm³/mol. The molecule has 0 radical (unpaired) electrons. The van der Waals surface area contributed by atoms with E-state index < -0.39 is 0 Å². The van der Waals surface area contributed by atoms with Crippen molar-refractivity contribution in [3.63, 3.8) is 0 Å². The van der Waals surface area contributed by atoms with Crippen LogP contribution in [0.4, 0.5) is 17.1 Å². The average molecular weight is 423 g/mol. The Hall–Kier alpha value is -3.37. The van der Waals surface area contributed by atoms with E-state index in [-0.39, 0.29) is 0 Å². The predicted octanol–water partition coefficient (Wildman–Crippen LogP) is 6.18. The van der Waals surface area contributed by atoms with Crippen LogP contribution in [-0.4, -0.2) is 42.6 Å². The van der Waals surface area contributed by atoms with E-state index in [1.807, 2.05) is 12.3 Å². The summed E-state index contributed by atoms with van der Waals surface area (Å²) in [7, 11) is 0. The van der Waals surface area contributed by atoms with Crippen LogP contribution in [0.15, 0.2) is 85.1 Å². The van der Waals surface area contributed by atoms with Gasteiger partial charge in [0.25, 0.3) is 0 Å². The lowest BCUT2D eigenvalue weighted by molar-refractivity contribution is 0.258. The van der Waals surface area contributed by atoms with Crippen LogP contribution in [0.1, 0.15) is 13.3 Å². The number of hydrogen-bond donors (Lipinski definition) is 1. The zero-order valence-electron chi connectivity index (χ0n) is 18.7. The molecule has 1 aliphatic heterocycles. The van der Waals surface area contributed by atoms with Crippen molar-refractivity contribution < 1.29 is 0 Å². The zero-order valence-corrected chi connectivity index (χ0v) is 18.7. The lowest BCUT2D eigenvalue weighted by Gasteiger charge is -2.36. The Morgan fingerprint density at radius 2 is 1.59 bits per heavy atom. The third kappa shape index (κ3) is 4.46. The van der Waals surface area contributed by atoms with Crippen molar-refractivity contribution in [3.05, 3.63) is 85.1 Å². The van der Waals surface area contributed by atoms with Crippen LogP contribution in [0.2, 0.25) is 0 Å².